The highest BCUT2D eigenvalue weighted by molar-refractivity contribution is 5.84. The molecule has 0 bridgehead atoms. The molecule has 0 saturated carbocycles. The first-order valence-corrected chi connectivity index (χ1v) is 6.88. The van der Waals surface area contributed by atoms with Crippen LogP contribution in [0, 0.1) is 5.82 Å². The molecule has 1 fully saturated rings. The second-order valence-corrected chi connectivity index (χ2v) is 5.19. The summed E-state index contributed by atoms with van der Waals surface area (Å²) in [5.41, 5.74) is 0.509. The van der Waals surface area contributed by atoms with Gasteiger partial charge < -0.3 is 9.64 Å². The SMILES string of the molecule is COCCC(C)N1C(=O)C(C)NC1c1ccccc1F. The number of rotatable bonds is 5. The van der Waals surface area contributed by atoms with E-state index in [9.17, 15) is 9.18 Å². The zero-order valence-electron chi connectivity index (χ0n) is 12.1. The molecular formula is C15H21FN2O2. The van der Waals surface area contributed by atoms with Crippen molar-refractivity contribution in [1.82, 2.24) is 10.2 Å². The molecule has 3 unspecified atom stereocenters. The van der Waals surface area contributed by atoms with Crippen molar-refractivity contribution in [3.8, 4) is 0 Å². The van der Waals surface area contributed by atoms with Crippen molar-refractivity contribution in [3.63, 3.8) is 0 Å². The number of halogens is 1. The molecule has 1 aromatic rings. The summed E-state index contributed by atoms with van der Waals surface area (Å²) in [6, 6.07) is 6.26. The molecule has 1 saturated heterocycles. The lowest BCUT2D eigenvalue weighted by molar-refractivity contribution is -0.132. The number of nitrogens with zero attached hydrogens (tertiary/aromatic N) is 1. The topological polar surface area (TPSA) is 41.6 Å². The van der Waals surface area contributed by atoms with Crippen molar-refractivity contribution in [1.29, 1.82) is 0 Å². The number of methoxy groups -OCH3 is 1. The number of carbonyl (C=O) groups is 1. The lowest BCUT2D eigenvalue weighted by atomic mass is 10.1. The fourth-order valence-corrected chi connectivity index (χ4v) is 2.57. The standard InChI is InChI=1S/C15H21FN2O2/c1-10(8-9-20-3)18-14(17-11(2)15(18)19)12-6-4-5-7-13(12)16/h4-7,10-11,14,17H,8-9H2,1-3H3. The van der Waals surface area contributed by atoms with Crippen molar-refractivity contribution in [3.05, 3.63) is 35.6 Å². The average molecular weight is 280 g/mol. The van der Waals surface area contributed by atoms with E-state index in [1.165, 1.54) is 6.07 Å². The van der Waals surface area contributed by atoms with E-state index in [0.29, 0.717) is 12.2 Å². The van der Waals surface area contributed by atoms with Gasteiger partial charge in [0.25, 0.3) is 0 Å². The van der Waals surface area contributed by atoms with Crippen LogP contribution in [-0.4, -0.2) is 36.6 Å². The maximum absolute atomic E-state index is 14.0. The van der Waals surface area contributed by atoms with Gasteiger partial charge in [-0.3, -0.25) is 10.1 Å². The molecular weight excluding hydrogens is 259 g/mol. The second-order valence-electron chi connectivity index (χ2n) is 5.19. The normalized spacial score (nSPS) is 24.2. The molecule has 0 aliphatic carbocycles. The Morgan fingerprint density at radius 3 is 2.80 bits per heavy atom. The number of nitrogens with one attached hydrogen (secondary N) is 1. The number of hydrogen-bond donors (Lipinski definition) is 1. The van der Waals surface area contributed by atoms with Gasteiger partial charge in [-0.15, -0.1) is 0 Å². The second kappa shape index (κ2) is 6.33. The summed E-state index contributed by atoms with van der Waals surface area (Å²) >= 11 is 0. The maximum atomic E-state index is 14.0. The van der Waals surface area contributed by atoms with Gasteiger partial charge in [-0.25, -0.2) is 4.39 Å². The minimum absolute atomic E-state index is 0.00172. The molecule has 0 aromatic heterocycles. The summed E-state index contributed by atoms with van der Waals surface area (Å²) < 4.78 is 19.0. The highest BCUT2D eigenvalue weighted by Crippen LogP contribution is 2.29. The van der Waals surface area contributed by atoms with Crippen molar-refractivity contribution in [2.24, 2.45) is 0 Å². The van der Waals surface area contributed by atoms with Gasteiger partial charge in [0, 0.05) is 25.3 Å². The third-order valence-electron chi connectivity index (χ3n) is 3.73. The van der Waals surface area contributed by atoms with E-state index in [0.717, 1.165) is 6.42 Å². The van der Waals surface area contributed by atoms with Gasteiger partial charge in [-0.1, -0.05) is 18.2 Å². The van der Waals surface area contributed by atoms with E-state index >= 15 is 0 Å². The van der Waals surface area contributed by atoms with Crippen molar-refractivity contribution in [2.75, 3.05) is 13.7 Å². The molecule has 5 heteroatoms. The first kappa shape index (κ1) is 14.9. The van der Waals surface area contributed by atoms with Gasteiger partial charge in [-0.05, 0) is 26.3 Å². The van der Waals surface area contributed by atoms with Crippen molar-refractivity contribution >= 4 is 5.91 Å². The minimum Gasteiger partial charge on any atom is -0.385 e. The monoisotopic (exact) mass is 280 g/mol. The molecule has 1 N–H and O–H groups in total. The highest BCUT2D eigenvalue weighted by Gasteiger charge is 2.40. The predicted octanol–water partition coefficient (Wildman–Crippen LogP) is 2.07. The Balaban J connectivity index is 2.26. The minimum atomic E-state index is -0.412. The summed E-state index contributed by atoms with van der Waals surface area (Å²) in [4.78, 5) is 14.0. The number of amides is 1. The highest BCUT2D eigenvalue weighted by atomic mass is 19.1. The Morgan fingerprint density at radius 1 is 1.45 bits per heavy atom. The Kier molecular flexibility index (Phi) is 4.73. The number of benzene rings is 1. The molecule has 1 heterocycles. The Morgan fingerprint density at radius 2 is 2.15 bits per heavy atom. The molecule has 1 aliphatic rings. The van der Waals surface area contributed by atoms with Crippen LogP contribution in [0.5, 0.6) is 0 Å². The van der Waals surface area contributed by atoms with Gasteiger partial charge >= 0.3 is 0 Å². The molecule has 1 amide bonds. The first-order chi connectivity index (χ1) is 9.56. The molecule has 0 spiro atoms. The third kappa shape index (κ3) is 2.83. The number of ether oxygens (including phenoxy) is 1. The number of hydrogen-bond acceptors (Lipinski definition) is 3. The van der Waals surface area contributed by atoms with Crippen LogP contribution in [0.4, 0.5) is 4.39 Å². The predicted molar refractivity (Wildman–Crippen MR) is 74.5 cm³/mol. The first-order valence-electron chi connectivity index (χ1n) is 6.88. The van der Waals surface area contributed by atoms with Crippen LogP contribution in [0.3, 0.4) is 0 Å². The molecule has 20 heavy (non-hydrogen) atoms. The zero-order chi connectivity index (χ0) is 14.7. The Hall–Kier alpha value is -1.46. The van der Waals surface area contributed by atoms with E-state index in [4.69, 9.17) is 4.74 Å². The van der Waals surface area contributed by atoms with E-state index in [1.807, 2.05) is 6.92 Å². The van der Waals surface area contributed by atoms with Gasteiger partial charge in [0.2, 0.25) is 5.91 Å². The van der Waals surface area contributed by atoms with Crippen LogP contribution in [0.1, 0.15) is 32.0 Å². The Bertz CT molecular complexity index is 481. The summed E-state index contributed by atoms with van der Waals surface area (Å²) in [6.45, 7) is 4.34. The van der Waals surface area contributed by atoms with Gasteiger partial charge in [0.1, 0.15) is 12.0 Å². The molecule has 2 rings (SSSR count). The molecule has 4 nitrogen and oxygen atoms in total. The smallest absolute Gasteiger partial charge is 0.241 e. The largest absolute Gasteiger partial charge is 0.385 e. The van der Waals surface area contributed by atoms with Crippen LogP contribution in [0.15, 0.2) is 24.3 Å². The summed E-state index contributed by atoms with van der Waals surface area (Å²) in [7, 11) is 1.63. The van der Waals surface area contributed by atoms with E-state index in [2.05, 4.69) is 5.32 Å². The van der Waals surface area contributed by atoms with E-state index in [-0.39, 0.29) is 23.8 Å². The molecule has 1 aliphatic heterocycles. The van der Waals surface area contributed by atoms with Crippen LogP contribution in [-0.2, 0) is 9.53 Å². The number of carbonyl (C=O) groups excluding carboxylic acids is 1. The summed E-state index contributed by atoms with van der Waals surface area (Å²) in [5, 5.41) is 3.16. The van der Waals surface area contributed by atoms with Crippen molar-refractivity contribution < 1.29 is 13.9 Å². The maximum Gasteiger partial charge on any atom is 0.241 e. The fraction of sp³-hybridized carbons (Fsp3) is 0.533. The van der Waals surface area contributed by atoms with Crippen LogP contribution in [0.2, 0.25) is 0 Å². The zero-order valence-corrected chi connectivity index (χ0v) is 12.1. The van der Waals surface area contributed by atoms with Crippen LogP contribution >= 0.6 is 0 Å². The van der Waals surface area contributed by atoms with Gasteiger partial charge in [-0.2, -0.15) is 0 Å². The van der Waals surface area contributed by atoms with Gasteiger partial charge in [0.15, 0.2) is 0 Å². The summed E-state index contributed by atoms with van der Waals surface area (Å²) in [5.74, 6) is -0.294. The molecule has 110 valence electrons. The fourth-order valence-electron chi connectivity index (χ4n) is 2.57. The summed E-state index contributed by atoms with van der Waals surface area (Å²) in [6.07, 6.45) is 0.312. The molecule has 1 aromatic carbocycles. The third-order valence-corrected chi connectivity index (χ3v) is 3.73. The van der Waals surface area contributed by atoms with Crippen molar-refractivity contribution in [2.45, 2.75) is 38.5 Å². The van der Waals surface area contributed by atoms with Crippen LogP contribution < -0.4 is 5.32 Å². The lowest BCUT2D eigenvalue weighted by Gasteiger charge is -2.30. The lowest BCUT2D eigenvalue weighted by Crippen LogP contribution is -2.39. The molecule has 0 radical (unpaired) electrons. The van der Waals surface area contributed by atoms with Crippen LogP contribution in [0.25, 0.3) is 0 Å². The quantitative estimate of drug-likeness (QED) is 0.897. The van der Waals surface area contributed by atoms with E-state index < -0.39 is 6.17 Å². The Labute approximate surface area is 118 Å². The molecule has 3 atom stereocenters. The van der Waals surface area contributed by atoms with E-state index in [1.54, 1.807) is 37.1 Å². The average Bonchev–Trinajstić information content (AvgIpc) is 2.73. The van der Waals surface area contributed by atoms with Gasteiger partial charge in [0.05, 0.1) is 6.04 Å².